The van der Waals surface area contributed by atoms with Crippen LogP contribution in [0.25, 0.3) is 0 Å². The van der Waals surface area contributed by atoms with Gasteiger partial charge < -0.3 is 15.4 Å². The minimum Gasteiger partial charge on any atom is -0.369 e. The van der Waals surface area contributed by atoms with Gasteiger partial charge in [-0.2, -0.15) is 0 Å². The van der Waals surface area contributed by atoms with Gasteiger partial charge in [0, 0.05) is 17.5 Å². The molecule has 1 amide bonds. The molecule has 2 aromatic rings. The zero-order valence-electron chi connectivity index (χ0n) is 12.0. The quantitative estimate of drug-likeness (QED) is 0.673. The van der Waals surface area contributed by atoms with E-state index >= 15 is 0 Å². The zero-order valence-corrected chi connectivity index (χ0v) is 12.9. The van der Waals surface area contributed by atoms with Crippen molar-refractivity contribution in [1.82, 2.24) is 4.98 Å². The number of ether oxygens (including phenoxy) is 1. The number of hydrogen-bond donors (Lipinski definition) is 1. The molecule has 3 rings (SSSR count). The van der Waals surface area contributed by atoms with Gasteiger partial charge in [0.25, 0.3) is 11.6 Å². The molecular weight excluding hydrogens is 320 g/mol. The molecule has 0 radical (unpaired) electrons. The first-order chi connectivity index (χ1) is 11.1. The second-order valence-electron chi connectivity index (χ2n) is 5.01. The van der Waals surface area contributed by atoms with Gasteiger partial charge >= 0.3 is 0 Å². The number of morpholine rings is 1. The average Bonchev–Trinajstić information content (AvgIpc) is 3.09. The van der Waals surface area contributed by atoms with Crippen molar-refractivity contribution >= 4 is 28.7 Å². The number of carbonyl (C=O) groups excluding carboxylic acids is 1. The molecule has 23 heavy (non-hydrogen) atoms. The van der Waals surface area contributed by atoms with Crippen LogP contribution < -0.4 is 10.6 Å². The van der Waals surface area contributed by atoms with E-state index in [2.05, 4.69) is 4.98 Å². The standard InChI is InChI=1S/C14H14N4O4S/c15-13(19)10-6-9(18(20)21)7-16-14(10)17-3-4-22-11(8-17)12-2-1-5-23-12/h1-2,5-7,11H,3-4,8H2,(H2,15,19). The van der Waals surface area contributed by atoms with Gasteiger partial charge in [-0.25, -0.2) is 4.98 Å². The topological polar surface area (TPSA) is 112 Å². The first-order valence-corrected chi connectivity index (χ1v) is 7.78. The summed E-state index contributed by atoms with van der Waals surface area (Å²) in [7, 11) is 0. The number of amides is 1. The third kappa shape index (κ3) is 3.15. The third-order valence-corrected chi connectivity index (χ3v) is 4.52. The Bertz CT molecular complexity index is 734. The molecule has 0 spiro atoms. The Hall–Kier alpha value is -2.52. The fourth-order valence-corrected chi connectivity index (χ4v) is 3.23. The highest BCUT2D eigenvalue weighted by Gasteiger charge is 2.27. The van der Waals surface area contributed by atoms with Crippen LogP contribution in [0.4, 0.5) is 11.5 Å². The summed E-state index contributed by atoms with van der Waals surface area (Å²) in [6.07, 6.45) is 1.01. The van der Waals surface area contributed by atoms with Crippen LogP contribution in [-0.4, -0.2) is 35.5 Å². The lowest BCUT2D eigenvalue weighted by Gasteiger charge is -2.33. The summed E-state index contributed by atoms with van der Waals surface area (Å²) < 4.78 is 5.75. The lowest BCUT2D eigenvalue weighted by Crippen LogP contribution is -2.39. The summed E-state index contributed by atoms with van der Waals surface area (Å²) >= 11 is 1.59. The lowest BCUT2D eigenvalue weighted by atomic mass is 10.1. The maximum atomic E-state index is 11.7. The van der Waals surface area contributed by atoms with E-state index < -0.39 is 10.8 Å². The van der Waals surface area contributed by atoms with Crippen molar-refractivity contribution < 1.29 is 14.5 Å². The largest absolute Gasteiger partial charge is 0.369 e. The Kier molecular flexibility index (Phi) is 4.22. The number of anilines is 1. The number of carbonyl (C=O) groups is 1. The van der Waals surface area contributed by atoms with E-state index in [1.807, 2.05) is 22.4 Å². The molecule has 0 aliphatic carbocycles. The molecule has 1 aliphatic rings. The molecule has 8 nitrogen and oxygen atoms in total. The predicted octanol–water partition coefficient (Wildman–Crippen LogP) is 1.73. The number of nitrogens with two attached hydrogens (primary N) is 1. The van der Waals surface area contributed by atoms with E-state index in [-0.39, 0.29) is 17.4 Å². The van der Waals surface area contributed by atoms with Crippen molar-refractivity contribution in [3.05, 3.63) is 50.3 Å². The van der Waals surface area contributed by atoms with Gasteiger partial charge in [0.2, 0.25) is 0 Å². The second kappa shape index (κ2) is 6.31. The lowest BCUT2D eigenvalue weighted by molar-refractivity contribution is -0.385. The van der Waals surface area contributed by atoms with Crippen LogP contribution in [0.15, 0.2) is 29.8 Å². The molecule has 0 bridgehead atoms. The van der Waals surface area contributed by atoms with Crippen LogP contribution in [0.2, 0.25) is 0 Å². The van der Waals surface area contributed by atoms with E-state index in [0.717, 1.165) is 11.1 Å². The molecule has 2 aromatic heterocycles. The molecule has 120 valence electrons. The number of nitro groups is 1. The van der Waals surface area contributed by atoms with Crippen molar-refractivity contribution in [3.63, 3.8) is 0 Å². The van der Waals surface area contributed by atoms with E-state index in [1.165, 1.54) is 6.07 Å². The molecule has 2 N–H and O–H groups in total. The summed E-state index contributed by atoms with van der Waals surface area (Å²) in [5, 5.41) is 12.8. The number of aromatic nitrogens is 1. The van der Waals surface area contributed by atoms with Crippen molar-refractivity contribution in [1.29, 1.82) is 0 Å². The van der Waals surface area contributed by atoms with E-state index in [1.54, 1.807) is 11.3 Å². The molecule has 1 fully saturated rings. The monoisotopic (exact) mass is 334 g/mol. The Morgan fingerprint density at radius 3 is 3.04 bits per heavy atom. The Morgan fingerprint density at radius 2 is 2.39 bits per heavy atom. The smallest absolute Gasteiger partial charge is 0.288 e. The molecule has 0 saturated carbocycles. The maximum absolute atomic E-state index is 11.7. The Labute approximate surface area is 135 Å². The highest BCUT2D eigenvalue weighted by molar-refractivity contribution is 7.10. The molecule has 1 unspecified atom stereocenters. The normalized spacial score (nSPS) is 17.9. The number of pyridine rings is 1. The van der Waals surface area contributed by atoms with Crippen molar-refractivity contribution in [2.24, 2.45) is 5.73 Å². The summed E-state index contributed by atoms with van der Waals surface area (Å²) in [5.74, 6) is -0.386. The molecule has 9 heteroatoms. The third-order valence-electron chi connectivity index (χ3n) is 3.56. The Balaban J connectivity index is 1.91. The van der Waals surface area contributed by atoms with Crippen molar-refractivity contribution in [2.75, 3.05) is 24.6 Å². The average molecular weight is 334 g/mol. The molecule has 1 saturated heterocycles. The highest BCUT2D eigenvalue weighted by Crippen LogP contribution is 2.30. The van der Waals surface area contributed by atoms with E-state index in [0.29, 0.717) is 25.5 Å². The van der Waals surface area contributed by atoms with Gasteiger partial charge in [0.1, 0.15) is 18.1 Å². The van der Waals surface area contributed by atoms with Crippen molar-refractivity contribution in [3.8, 4) is 0 Å². The molecule has 1 atom stereocenters. The second-order valence-corrected chi connectivity index (χ2v) is 5.99. The molecule has 0 aromatic carbocycles. The van der Waals surface area contributed by atoms with Crippen LogP contribution in [0.5, 0.6) is 0 Å². The van der Waals surface area contributed by atoms with Crippen LogP contribution in [0, 0.1) is 10.1 Å². The van der Waals surface area contributed by atoms with Crippen molar-refractivity contribution in [2.45, 2.75) is 6.10 Å². The number of nitrogens with zero attached hydrogens (tertiary/aromatic N) is 3. The van der Waals surface area contributed by atoms with E-state index in [9.17, 15) is 14.9 Å². The summed E-state index contributed by atoms with van der Waals surface area (Å²) in [6, 6.07) is 5.10. The zero-order chi connectivity index (χ0) is 16.4. The number of primary amides is 1. The van der Waals surface area contributed by atoms with Gasteiger partial charge in [-0.15, -0.1) is 11.3 Å². The summed E-state index contributed by atoms with van der Waals surface area (Å²) in [5.41, 5.74) is 5.15. The van der Waals surface area contributed by atoms with Crippen LogP contribution in [-0.2, 0) is 4.74 Å². The maximum Gasteiger partial charge on any atom is 0.288 e. The predicted molar refractivity (Wildman–Crippen MR) is 84.6 cm³/mol. The van der Waals surface area contributed by atoms with Crippen LogP contribution >= 0.6 is 11.3 Å². The number of rotatable bonds is 4. The summed E-state index contributed by atoms with van der Waals surface area (Å²) in [6.45, 7) is 1.51. The number of hydrogen-bond acceptors (Lipinski definition) is 7. The van der Waals surface area contributed by atoms with E-state index in [4.69, 9.17) is 10.5 Å². The molecule has 1 aliphatic heterocycles. The molecular formula is C14H14N4O4S. The fraction of sp³-hybridized carbons (Fsp3) is 0.286. The van der Waals surface area contributed by atoms with Gasteiger partial charge in [-0.3, -0.25) is 14.9 Å². The Morgan fingerprint density at radius 1 is 1.57 bits per heavy atom. The van der Waals surface area contributed by atoms with Gasteiger partial charge in [0.05, 0.1) is 23.6 Å². The highest BCUT2D eigenvalue weighted by atomic mass is 32.1. The first kappa shape index (κ1) is 15.4. The minimum atomic E-state index is -0.740. The van der Waals surface area contributed by atoms with Gasteiger partial charge in [-0.05, 0) is 11.4 Å². The summed E-state index contributed by atoms with van der Waals surface area (Å²) in [4.78, 5) is 29.0. The van der Waals surface area contributed by atoms with Gasteiger partial charge in [0.15, 0.2) is 0 Å². The molecule has 3 heterocycles. The van der Waals surface area contributed by atoms with Crippen LogP contribution in [0.3, 0.4) is 0 Å². The van der Waals surface area contributed by atoms with Crippen LogP contribution in [0.1, 0.15) is 21.3 Å². The minimum absolute atomic E-state index is 0.0472. The first-order valence-electron chi connectivity index (χ1n) is 6.90. The fourth-order valence-electron chi connectivity index (χ4n) is 2.47. The van der Waals surface area contributed by atoms with Gasteiger partial charge in [-0.1, -0.05) is 6.07 Å². The SMILES string of the molecule is NC(=O)c1cc([N+](=O)[O-])cnc1N1CCOC(c2cccs2)C1. The number of thiophene rings is 1.